The molecule has 0 saturated carbocycles. The first-order valence-electron chi connectivity index (χ1n) is 8.70. The van der Waals surface area contributed by atoms with Crippen LogP contribution in [0.2, 0.25) is 0 Å². The predicted molar refractivity (Wildman–Crippen MR) is 112 cm³/mol. The van der Waals surface area contributed by atoms with Crippen molar-refractivity contribution < 1.29 is 9.53 Å². The van der Waals surface area contributed by atoms with E-state index < -0.39 is 0 Å². The number of anilines is 1. The van der Waals surface area contributed by atoms with Gasteiger partial charge in [0.05, 0.1) is 18.7 Å². The Balaban J connectivity index is 1.98. The molecular formula is C21H23N3O2S. The van der Waals surface area contributed by atoms with Crippen molar-refractivity contribution in [3.05, 3.63) is 70.4 Å². The summed E-state index contributed by atoms with van der Waals surface area (Å²) in [5, 5.41) is 9.79. The van der Waals surface area contributed by atoms with Crippen molar-refractivity contribution in [1.29, 1.82) is 0 Å². The summed E-state index contributed by atoms with van der Waals surface area (Å²) in [7, 11) is 1.62. The summed E-state index contributed by atoms with van der Waals surface area (Å²) in [6.07, 6.45) is 0. The Kier molecular flexibility index (Phi) is 5.46. The second-order valence-electron chi connectivity index (χ2n) is 6.62. The van der Waals surface area contributed by atoms with Gasteiger partial charge in [0.15, 0.2) is 5.11 Å². The molecule has 1 amide bonds. The number of carbonyl (C=O) groups excluding carboxylic acids is 1. The molecule has 1 aliphatic rings. The number of allylic oxidation sites excluding steroid dienone is 1. The van der Waals surface area contributed by atoms with Crippen molar-refractivity contribution in [2.24, 2.45) is 0 Å². The number of thiocarbonyl (C=S) groups is 1. The average molecular weight is 382 g/mol. The number of hydrogen-bond donors (Lipinski definition) is 3. The van der Waals surface area contributed by atoms with E-state index in [4.69, 9.17) is 17.0 Å². The van der Waals surface area contributed by atoms with E-state index in [1.807, 2.05) is 63.2 Å². The second kappa shape index (κ2) is 7.80. The highest BCUT2D eigenvalue weighted by atomic mass is 32.1. The number of ether oxygens (including phenoxy) is 1. The number of aryl methyl sites for hydroxylation is 2. The molecule has 0 aliphatic carbocycles. The van der Waals surface area contributed by atoms with Crippen molar-refractivity contribution in [2.75, 3.05) is 12.4 Å². The van der Waals surface area contributed by atoms with Crippen LogP contribution in [0.3, 0.4) is 0 Å². The fourth-order valence-corrected chi connectivity index (χ4v) is 3.40. The highest BCUT2D eigenvalue weighted by molar-refractivity contribution is 7.80. The number of benzene rings is 2. The molecule has 2 aromatic rings. The van der Waals surface area contributed by atoms with Crippen LogP contribution in [-0.4, -0.2) is 18.1 Å². The maximum absolute atomic E-state index is 13.2. The van der Waals surface area contributed by atoms with E-state index in [9.17, 15) is 4.79 Å². The number of rotatable bonds is 4. The largest absolute Gasteiger partial charge is 0.497 e. The minimum absolute atomic E-state index is 0.170. The predicted octanol–water partition coefficient (Wildman–Crippen LogP) is 3.74. The molecule has 6 heteroatoms. The zero-order chi connectivity index (χ0) is 19.6. The van der Waals surface area contributed by atoms with Gasteiger partial charge in [-0.05, 0) is 67.9 Å². The van der Waals surface area contributed by atoms with Gasteiger partial charge in [-0.25, -0.2) is 0 Å². The van der Waals surface area contributed by atoms with E-state index in [0.717, 1.165) is 33.8 Å². The number of amides is 1. The normalized spacial score (nSPS) is 16.4. The van der Waals surface area contributed by atoms with Crippen LogP contribution < -0.4 is 20.7 Å². The molecule has 0 saturated heterocycles. The third-order valence-corrected chi connectivity index (χ3v) is 4.80. The molecule has 0 spiro atoms. The van der Waals surface area contributed by atoms with Crippen LogP contribution in [0.5, 0.6) is 5.75 Å². The fraction of sp³-hybridized carbons (Fsp3) is 0.238. The lowest BCUT2D eigenvalue weighted by Gasteiger charge is -2.30. The van der Waals surface area contributed by atoms with Crippen LogP contribution >= 0.6 is 12.2 Å². The molecule has 27 heavy (non-hydrogen) atoms. The van der Waals surface area contributed by atoms with Crippen LogP contribution in [0.1, 0.15) is 29.7 Å². The second-order valence-corrected chi connectivity index (χ2v) is 7.03. The molecule has 3 rings (SSSR count). The maximum atomic E-state index is 13.2. The molecule has 2 aromatic carbocycles. The first-order valence-corrected chi connectivity index (χ1v) is 9.10. The Morgan fingerprint density at radius 3 is 2.67 bits per heavy atom. The van der Waals surface area contributed by atoms with Gasteiger partial charge in [0, 0.05) is 11.4 Å². The van der Waals surface area contributed by atoms with Crippen LogP contribution in [0.25, 0.3) is 0 Å². The Morgan fingerprint density at radius 2 is 1.93 bits per heavy atom. The number of nitrogens with one attached hydrogen (secondary N) is 3. The first-order chi connectivity index (χ1) is 12.9. The Hall–Kier alpha value is -2.86. The van der Waals surface area contributed by atoms with Crippen LogP contribution in [0.4, 0.5) is 5.69 Å². The van der Waals surface area contributed by atoms with E-state index in [1.165, 1.54) is 0 Å². The van der Waals surface area contributed by atoms with Crippen molar-refractivity contribution in [2.45, 2.75) is 26.8 Å². The lowest BCUT2D eigenvalue weighted by Crippen LogP contribution is -2.45. The van der Waals surface area contributed by atoms with E-state index in [1.54, 1.807) is 7.11 Å². The minimum Gasteiger partial charge on any atom is -0.497 e. The molecule has 0 fully saturated rings. The summed E-state index contributed by atoms with van der Waals surface area (Å²) < 4.78 is 5.33. The summed E-state index contributed by atoms with van der Waals surface area (Å²) in [6.45, 7) is 5.83. The van der Waals surface area contributed by atoms with Gasteiger partial charge in [0.1, 0.15) is 5.75 Å². The van der Waals surface area contributed by atoms with E-state index in [0.29, 0.717) is 10.7 Å². The summed E-state index contributed by atoms with van der Waals surface area (Å²) in [5.41, 5.74) is 5.14. The minimum atomic E-state index is -0.362. The van der Waals surface area contributed by atoms with Gasteiger partial charge in [-0.1, -0.05) is 24.3 Å². The van der Waals surface area contributed by atoms with Crippen molar-refractivity contribution in [3.8, 4) is 5.75 Å². The van der Waals surface area contributed by atoms with Crippen molar-refractivity contribution >= 4 is 28.9 Å². The van der Waals surface area contributed by atoms with Gasteiger partial charge in [0.2, 0.25) is 0 Å². The number of carbonyl (C=O) groups is 1. The smallest absolute Gasteiger partial charge is 0.255 e. The number of methoxy groups -OCH3 is 1. The molecule has 1 atom stereocenters. The van der Waals surface area contributed by atoms with Gasteiger partial charge < -0.3 is 20.7 Å². The van der Waals surface area contributed by atoms with E-state index in [2.05, 4.69) is 16.0 Å². The van der Waals surface area contributed by atoms with Crippen molar-refractivity contribution in [3.63, 3.8) is 0 Å². The summed E-state index contributed by atoms with van der Waals surface area (Å²) in [4.78, 5) is 13.2. The maximum Gasteiger partial charge on any atom is 0.255 e. The molecule has 0 aromatic heterocycles. The highest BCUT2D eigenvalue weighted by Crippen LogP contribution is 2.30. The molecule has 1 aliphatic heterocycles. The molecule has 0 radical (unpaired) electrons. The van der Waals surface area contributed by atoms with Gasteiger partial charge in [-0.3, -0.25) is 4.79 Å². The molecule has 1 unspecified atom stereocenters. The lowest BCUT2D eigenvalue weighted by atomic mass is 9.94. The van der Waals surface area contributed by atoms with Gasteiger partial charge >= 0.3 is 0 Å². The summed E-state index contributed by atoms with van der Waals surface area (Å²) >= 11 is 5.31. The third-order valence-electron chi connectivity index (χ3n) is 4.58. The van der Waals surface area contributed by atoms with Crippen LogP contribution in [-0.2, 0) is 4.79 Å². The fourth-order valence-electron chi connectivity index (χ4n) is 3.13. The zero-order valence-corrected chi connectivity index (χ0v) is 16.7. The monoisotopic (exact) mass is 381 g/mol. The van der Waals surface area contributed by atoms with E-state index in [-0.39, 0.29) is 11.9 Å². The Morgan fingerprint density at radius 1 is 1.15 bits per heavy atom. The standard InChI is InChI=1S/C21H23N3O2S/c1-12-8-9-13(2)17(10-12)23-20(25)18-14(3)22-21(27)24-19(18)15-6-5-7-16(11-15)26-4/h5-11,19H,1-4H3,(H,23,25)(H2,22,24,27). The van der Waals surface area contributed by atoms with Crippen LogP contribution in [0, 0.1) is 13.8 Å². The molecule has 3 N–H and O–H groups in total. The van der Waals surface area contributed by atoms with Gasteiger partial charge in [0.25, 0.3) is 5.91 Å². The quantitative estimate of drug-likeness (QED) is 0.704. The topological polar surface area (TPSA) is 62.4 Å². The summed E-state index contributed by atoms with van der Waals surface area (Å²) in [5.74, 6) is 0.558. The molecular weight excluding hydrogens is 358 g/mol. The van der Waals surface area contributed by atoms with Crippen molar-refractivity contribution in [1.82, 2.24) is 10.6 Å². The zero-order valence-electron chi connectivity index (χ0n) is 15.8. The highest BCUT2D eigenvalue weighted by Gasteiger charge is 2.30. The third kappa shape index (κ3) is 4.11. The van der Waals surface area contributed by atoms with Crippen LogP contribution in [0.15, 0.2) is 53.7 Å². The SMILES string of the molecule is COc1cccc(C2NC(=S)NC(C)=C2C(=O)Nc2cc(C)ccc2C)c1. The lowest BCUT2D eigenvalue weighted by molar-refractivity contribution is -0.113. The Bertz CT molecular complexity index is 937. The van der Waals surface area contributed by atoms with E-state index >= 15 is 0 Å². The Labute approximate surface area is 164 Å². The van der Waals surface area contributed by atoms with Gasteiger partial charge in [-0.2, -0.15) is 0 Å². The number of hydrogen-bond acceptors (Lipinski definition) is 3. The molecule has 1 heterocycles. The summed E-state index contributed by atoms with van der Waals surface area (Å²) in [6, 6.07) is 13.3. The average Bonchev–Trinajstić information content (AvgIpc) is 2.64. The molecule has 5 nitrogen and oxygen atoms in total. The first kappa shape index (κ1) is 18.9. The molecule has 140 valence electrons. The van der Waals surface area contributed by atoms with Gasteiger partial charge in [-0.15, -0.1) is 0 Å². The molecule has 0 bridgehead atoms.